The predicted octanol–water partition coefficient (Wildman–Crippen LogP) is 5.40. The number of aromatic nitrogens is 4. The van der Waals surface area contributed by atoms with Gasteiger partial charge in [-0.15, -0.1) is 11.3 Å². The van der Waals surface area contributed by atoms with Crippen LogP contribution in [0.4, 0.5) is 4.39 Å². The number of amides is 1. The maximum atomic E-state index is 13.5. The van der Waals surface area contributed by atoms with Crippen LogP contribution in [0.3, 0.4) is 0 Å². The second-order valence-electron chi connectivity index (χ2n) is 8.55. The summed E-state index contributed by atoms with van der Waals surface area (Å²) in [5.41, 5.74) is 5.18. The third-order valence-electron chi connectivity index (χ3n) is 6.34. The zero-order chi connectivity index (χ0) is 23.2. The lowest BCUT2D eigenvalue weighted by molar-refractivity contribution is 0.0774. The van der Waals surface area contributed by atoms with Gasteiger partial charge in [0.05, 0.1) is 23.7 Å². The largest absolute Gasteiger partial charge is 0.360 e. The average Bonchev–Trinajstić information content (AvgIpc) is 3.59. The number of carbonyl (C=O) groups is 1. The van der Waals surface area contributed by atoms with Crippen molar-refractivity contribution in [2.45, 2.75) is 19.9 Å². The number of halogens is 1. The van der Waals surface area contributed by atoms with E-state index in [-0.39, 0.29) is 11.7 Å². The maximum Gasteiger partial charge on any atom is 0.255 e. The topological polar surface area (TPSA) is 66.8 Å². The molecular weight excluding hydrogens is 449 g/mol. The summed E-state index contributed by atoms with van der Waals surface area (Å²) in [6, 6.07) is 10.7. The third kappa shape index (κ3) is 3.60. The van der Waals surface area contributed by atoms with Crippen molar-refractivity contribution < 1.29 is 9.18 Å². The van der Waals surface area contributed by atoms with Crippen LogP contribution in [0.25, 0.3) is 27.5 Å². The number of aryl methyl sites for hydroxylation is 1. The van der Waals surface area contributed by atoms with Gasteiger partial charge in [-0.25, -0.2) is 14.1 Å². The van der Waals surface area contributed by atoms with E-state index < -0.39 is 0 Å². The van der Waals surface area contributed by atoms with Gasteiger partial charge in [0.1, 0.15) is 5.82 Å². The van der Waals surface area contributed by atoms with E-state index in [4.69, 9.17) is 0 Å². The molecule has 0 aliphatic carbocycles. The summed E-state index contributed by atoms with van der Waals surface area (Å²) in [6.45, 7) is 3.68. The van der Waals surface area contributed by atoms with Gasteiger partial charge in [0.25, 0.3) is 5.91 Å². The maximum absolute atomic E-state index is 13.5. The SMILES string of the molecule is Cc1cc(C(=O)N2CC=C(c3c[nH]c4cc(F)ccc34)CC2)c2cnn(Cc3cccs3)c2n1. The number of nitrogens with zero attached hydrogens (tertiary/aromatic N) is 4. The van der Waals surface area contributed by atoms with Gasteiger partial charge in [-0.3, -0.25) is 4.79 Å². The predicted molar refractivity (Wildman–Crippen MR) is 132 cm³/mol. The third-order valence-corrected chi connectivity index (χ3v) is 7.20. The summed E-state index contributed by atoms with van der Waals surface area (Å²) < 4.78 is 15.4. The first-order chi connectivity index (χ1) is 16.6. The van der Waals surface area contributed by atoms with Gasteiger partial charge in [-0.2, -0.15) is 5.10 Å². The van der Waals surface area contributed by atoms with Crippen molar-refractivity contribution in [3.05, 3.63) is 87.8 Å². The highest BCUT2D eigenvalue weighted by molar-refractivity contribution is 7.09. The van der Waals surface area contributed by atoms with E-state index in [2.05, 4.69) is 27.2 Å². The van der Waals surface area contributed by atoms with Gasteiger partial charge in [0.15, 0.2) is 5.65 Å². The molecule has 5 heterocycles. The Morgan fingerprint density at radius 2 is 2.15 bits per heavy atom. The fourth-order valence-electron chi connectivity index (χ4n) is 4.65. The number of H-pyrrole nitrogens is 1. The molecule has 1 aliphatic heterocycles. The highest BCUT2D eigenvalue weighted by atomic mass is 32.1. The van der Waals surface area contributed by atoms with Crippen LogP contribution in [0.2, 0.25) is 0 Å². The molecule has 0 atom stereocenters. The molecule has 0 saturated carbocycles. The Bertz CT molecular complexity index is 1560. The van der Waals surface area contributed by atoms with Crippen LogP contribution in [0.15, 0.2) is 60.2 Å². The Labute approximate surface area is 199 Å². The molecule has 0 radical (unpaired) electrons. The van der Waals surface area contributed by atoms with Gasteiger partial charge in [0.2, 0.25) is 0 Å². The van der Waals surface area contributed by atoms with Crippen molar-refractivity contribution in [1.29, 1.82) is 0 Å². The molecule has 1 N–H and O–H groups in total. The lowest BCUT2D eigenvalue weighted by atomic mass is 9.98. The van der Waals surface area contributed by atoms with Crippen LogP contribution in [0, 0.1) is 12.7 Å². The molecule has 1 aliphatic rings. The Kier molecular flexibility index (Phi) is 5.03. The Hall–Kier alpha value is -3.78. The fourth-order valence-corrected chi connectivity index (χ4v) is 5.33. The number of rotatable bonds is 4. The van der Waals surface area contributed by atoms with Gasteiger partial charge in [0, 0.05) is 46.3 Å². The summed E-state index contributed by atoms with van der Waals surface area (Å²) >= 11 is 1.68. The van der Waals surface area contributed by atoms with E-state index in [1.165, 1.54) is 22.6 Å². The Morgan fingerprint density at radius 3 is 2.94 bits per heavy atom. The van der Waals surface area contributed by atoms with E-state index in [0.717, 1.165) is 39.6 Å². The summed E-state index contributed by atoms with van der Waals surface area (Å²) in [4.78, 5) is 24.4. The van der Waals surface area contributed by atoms with Crippen LogP contribution < -0.4 is 0 Å². The molecule has 0 saturated heterocycles. The van der Waals surface area contributed by atoms with Crippen LogP contribution in [0.5, 0.6) is 0 Å². The monoisotopic (exact) mass is 471 g/mol. The molecule has 0 spiro atoms. The number of nitrogens with one attached hydrogen (secondary N) is 1. The molecule has 8 heteroatoms. The van der Waals surface area contributed by atoms with Crippen molar-refractivity contribution in [1.82, 2.24) is 24.6 Å². The number of aromatic amines is 1. The van der Waals surface area contributed by atoms with E-state index >= 15 is 0 Å². The van der Waals surface area contributed by atoms with E-state index in [0.29, 0.717) is 25.2 Å². The number of pyridine rings is 1. The Balaban J connectivity index is 1.28. The normalized spacial score (nSPS) is 14.2. The summed E-state index contributed by atoms with van der Waals surface area (Å²) in [7, 11) is 0. The van der Waals surface area contributed by atoms with Crippen molar-refractivity contribution >= 4 is 44.8 Å². The van der Waals surface area contributed by atoms with Crippen molar-refractivity contribution in [2.24, 2.45) is 0 Å². The van der Waals surface area contributed by atoms with E-state index in [1.807, 2.05) is 40.2 Å². The summed E-state index contributed by atoms with van der Waals surface area (Å²) in [5, 5.41) is 8.35. The molecule has 0 bridgehead atoms. The standard InChI is InChI=1S/C26H22FN5OS/c1-16-11-21(23-14-29-32(25(23)30-16)15-19-3-2-10-34-19)26(33)31-8-6-17(7-9-31)22-13-28-24-12-18(27)4-5-20(22)24/h2-6,10-14,28H,7-9,15H2,1H3. The van der Waals surface area contributed by atoms with Crippen molar-refractivity contribution in [2.75, 3.05) is 13.1 Å². The number of benzene rings is 1. The smallest absolute Gasteiger partial charge is 0.255 e. The van der Waals surface area contributed by atoms with Crippen molar-refractivity contribution in [3.63, 3.8) is 0 Å². The van der Waals surface area contributed by atoms with Crippen LogP contribution >= 0.6 is 11.3 Å². The number of hydrogen-bond acceptors (Lipinski definition) is 4. The lowest BCUT2D eigenvalue weighted by Crippen LogP contribution is -2.34. The van der Waals surface area contributed by atoms with Gasteiger partial charge < -0.3 is 9.88 Å². The highest BCUT2D eigenvalue weighted by Crippen LogP contribution is 2.30. The number of thiophene rings is 1. The van der Waals surface area contributed by atoms with Crippen LogP contribution in [-0.4, -0.2) is 43.6 Å². The quantitative estimate of drug-likeness (QED) is 0.382. The summed E-state index contributed by atoms with van der Waals surface area (Å²) in [6.07, 6.45) is 6.50. The van der Waals surface area contributed by atoms with Gasteiger partial charge >= 0.3 is 0 Å². The molecule has 34 heavy (non-hydrogen) atoms. The van der Waals surface area contributed by atoms with Crippen LogP contribution in [0.1, 0.15) is 32.9 Å². The van der Waals surface area contributed by atoms with Crippen molar-refractivity contribution in [3.8, 4) is 0 Å². The van der Waals surface area contributed by atoms with Crippen LogP contribution in [-0.2, 0) is 6.54 Å². The zero-order valence-electron chi connectivity index (χ0n) is 18.6. The molecule has 5 aromatic rings. The molecule has 6 nitrogen and oxygen atoms in total. The molecule has 4 aromatic heterocycles. The molecule has 0 unspecified atom stereocenters. The number of carbonyl (C=O) groups excluding carboxylic acids is 1. The zero-order valence-corrected chi connectivity index (χ0v) is 19.4. The van der Waals surface area contributed by atoms with E-state index in [9.17, 15) is 9.18 Å². The Morgan fingerprint density at radius 1 is 1.24 bits per heavy atom. The fraction of sp³-hybridized carbons (Fsp3) is 0.192. The summed E-state index contributed by atoms with van der Waals surface area (Å²) in [5.74, 6) is -0.268. The first-order valence-corrected chi connectivity index (χ1v) is 12.1. The number of hydrogen-bond donors (Lipinski definition) is 1. The first kappa shape index (κ1) is 20.8. The van der Waals surface area contributed by atoms with E-state index in [1.54, 1.807) is 23.6 Å². The minimum absolute atomic E-state index is 0.0116. The van der Waals surface area contributed by atoms with Gasteiger partial charge in [-0.1, -0.05) is 12.1 Å². The first-order valence-electron chi connectivity index (χ1n) is 11.2. The van der Waals surface area contributed by atoms with Gasteiger partial charge in [-0.05, 0) is 54.6 Å². The minimum atomic E-state index is -0.257. The number of fused-ring (bicyclic) bond motifs is 2. The lowest BCUT2D eigenvalue weighted by Gasteiger charge is -2.27. The molecule has 170 valence electrons. The highest BCUT2D eigenvalue weighted by Gasteiger charge is 2.24. The second-order valence-corrected chi connectivity index (χ2v) is 9.59. The molecule has 1 amide bonds. The second kappa shape index (κ2) is 8.22. The average molecular weight is 472 g/mol. The molecule has 0 fully saturated rings. The molecular formula is C26H22FN5OS. The molecule has 6 rings (SSSR count). The minimum Gasteiger partial charge on any atom is -0.360 e. The molecule has 1 aromatic carbocycles.